The summed E-state index contributed by atoms with van der Waals surface area (Å²) in [4.78, 5) is 16.3. The Balaban J connectivity index is 1.84. The number of hydrogen-bond donors (Lipinski definition) is 0. The van der Waals surface area contributed by atoms with E-state index >= 15 is 0 Å². The molecule has 0 aliphatic heterocycles. The van der Waals surface area contributed by atoms with Crippen molar-refractivity contribution in [2.75, 3.05) is 13.2 Å². The Hall–Kier alpha value is -2.24. The highest BCUT2D eigenvalue weighted by Crippen LogP contribution is 2.29. The molecule has 1 aromatic heterocycles. The maximum Gasteiger partial charge on any atom is 0.305 e. The number of hydrogen-bond acceptors (Lipinski definition) is 4. The molecule has 3 aromatic rings. The van der Waals surface area contributed by atoms with Gasteiger partial charge in [0.15, 0.2) is 0 Å². The molecule has 1 heterocycles. The Bertz CT molecular complexity index is 1050. The van der Waals surface area contributed by atoms with Gasteiger partial charge in [-0.1, -0.05) is 36.2 Å². The molecule has 0 aliphatic rings. The van der Waals surface area contributed by atoms with Crippen LogP contribution in [-0.4, -0.2) is 28.7 Å². The molecule has 0 bridgehead atoms. The van der Waals surface area contributed by atoms with E-state index < -0.39 is 0 Å². The minimum absolute atomic E-state index is 0.196. The van der Waals surface area contributed by atoms with E-state index in [9.17, 15) is 4.79 Å². The van der Waals surface area contributed by atoms with Crippen LogP contribution in [0.15, 0.2) is 30.3 Å². The number of esters is 1. The van der Waals surface area contributed by atoms with Gasteiger partial charge in [-0.05, 0) is 49.6 Å². The molecule has 3 rings (SSSR count). The molecular weight excluding hydrogens is 423 g/mol. The maximum atomic E-state index is 11.5. The molecule has 0 aliphatic carbocycles. The fourth-order valence-corrected chi connectivity index (χ4v) is 3.87. The second kappa shape index (κ2) is 10.2. The normalized spacial score (nSPS) is 11.1. The molecule has 0 N–H and O–H groups in total. The molecule has 0 saturated carbocycles. The van der Waals surface area contributed by atoms with Gasteiger partial charge in [-0.2, -0.15) is 0 Å². The third-order valence-electron chi connectivity index (χ3n) is 4.86. The summed E-state index contributed by atoms with van der Waals surface area (Å²) in [6.45, 7) is 7.36. The van der Waals surface area contributed by atoms with E-state index in [1.165, 1.54) is 0 Å². The van der Waals surface area contributed by atoms with Crippen molar-refractivity contribution in [2.45, 2.75) is 46.6 Å². The van der Waals surface area contributed by atoms with Crippen LogP contribution < -0.4 is 4.74 Å². The van der Waals surface area contributed by atoms with Crippen LogP contribution in [0.4, 0.5) is 0 Å². The van der Waals surface area contributed by atoms with Crippen LogP contribution in [0.3, 0.4) is 0 Å². The number of carbonyl (C=O) groups is 1. The molecule has 7 heteroatoms. The molecule has 0 saturated heterocycles. The first kappa shape index (κ1) is 22.4. The molecule has 2 aromatic carbocycles. The van der Waals surface area contributed by atoms with E-state index in [2.05, 4.69) is 11.5 Å². The highest BCUT2D eigenvalue weighted by Gasteiger charge is 2.15. The zero-order valence-electron chi connectivity index (χ0n) is 17.5. The van der Waals surface area contributed by atoms with Gasteiger partial charge >= 0.3 is 5.97 Å². The van der Waals surface area contributed by atoms with Gasteiger partial charge < -0.3 is 14.0 Å². The Morgan fingerprint density at radius 2 is 1.97 bits per heavy atom. The van der Waals surface area contributed by atoms with Crippen molar-refractivity contribution in [1.82, 2.24) is 9.55 Å². The standard InChI is InChI=1S/C23H26Cl2N2O3/c1-4-21-26-23-15(3)11-18(30-10-6-7-22(28)29-5-2)13-20(23)27(21)14-16-8-9-17(24)12-19(16)25/h8-9,11-13H,4-7,10,14H2,1-3H3. The van der Waals surface area contributed by atoms with Crippen LogP contribution in [0, 0.1) is 6.92 Å². The van der Waals surface area contributed by atoms with Gasteiger partial charge in [0.05, 0.1) is 30.8 Å². The number of aromatic nitrogens is 2. The molecule has 0 fully saturated rings. The number of ether oxygens (including phenoxy) is 2. The van der Waals surface area contributed by atoms with Gasteiger partial charge in [0, 0.05) is 29.0 Å². The predicted octanol–water partition coefficient (Wildman–Crippen LogP) is 5.98. The van der Waals surface area contributed by atoms with Crippen molar-refractivity contribution in [3.63, 3.8) is 0 Å². The highest BCUT2D eigenvalue weighted by atomic mass is 35.5. The molecule has 0 unspecified atom stereocenters. The number of halogens is 2. The molecular formula is C23H26Cl2N2O3. The lowest BCUT2D eigenvalue weighted by molar-refractivity contribution is -0.143. The van der Waals surface area contributed by atoms with Crippen LogP contribution in [0.25, 0.3) is 11.0 Å². The number of benzene rings is 2. The van der Waals surface area contributed by atoms with Gasteiger partial charge in [0.1, 0.15) is 11.6 Å². The third kappa shape index (κ3) is 5.27. The van der Waals surface area contributed by atoms with Gasteiger partial charge in [-0.25, -0.2) is 4.98 Å². The van der Waals surface area contributed by atoms with E-state index in [4.69, 9.17) is 37.7 Å². The average molecular weight is 449 g/mol. The fraction of sp³-hybridized carbons (Fsp3) is 0.391. The van der Waals surface area contributed by atoms with Crippen molar-refractivity contribution in [2.24, 2.45) is 0 Å². The summed E-state index contributed by atoms with van der Waals surface area (Å²) in [5, 5.41) is 1.25. The van der Waals surface area contributed by atoms with Crippen molar-refractivity contribution < 1.29 is 14.3 Å². The molecule has 0 radical (unpaired) electrons. The minimum Gasteiger partial charge on any atom is -0.493 e. The van der Waals surface area contributed by atoms with Crippen LogP contribution in [0.2, 0.25) is 10.0 Å². The van der Waals surface area contributed by atoms with Gasteiger partial charge in [0.25, 0.3) is 0 Å². The van der Waals surface area contributed by atoms with Crippen LogP contribution in [-0.2, 0) is 22.5 Å². The lowest BCUT2D eigenvalue weighted by Gasteiger charge is -2.12. The predicted molar refractivity (Wildman–Crippen MR) is 121 cm³/mol. The van der Waals surface area contributed by atoms with Crippen molar-refractivity contribution in [3.8, 4) is 5.75 Å². The summed E-state index contributed by atoms with van der Waals surface area (Å²) in [7, 11) is 0. The van der Waals surface area contributed by atoms with E-state index in [1.807, 2.05) is 31.2 Å². The first-order chi connectivity index (χ1) is 14.4. The molecule has 160 valence electrons. The number of aryl methyl sites for hydroxylation is 2. The molecule has 30 heavy (non-hydrogen) atoms. The van der Waals surface area contributed by atoms with E-state index in [-0.39, 0.29) is 5.97 Å². The number of imidazole rings is 1. The third-order valence-corrected chi connectivity index (χ3v) is 5.44. The summed E-state index contributed by atoms with van der Waals surface area (Å²) in [6, 6.07) is 9.53. The van der Waals surface area contributed by atoms with E-state index in [0.29, 0.717) is 42.6 Å². The molecule has 0 amide bonds. The van der Waals surface area contributed by atoms with Crippen LogP contribution >= 0.6 is 23.2 Å². The second-order valence-electron chi connectivity index (χ2n) is 7.07. The lowest BCUT2D eigenvalue weighted by Crippen LogP contribution is -2.07. The number of rotatable bonds is 9. The van der Waals surface area contributed by atoms with Crippen molar-refractivity contribution in [3.05, 3.63) is 57.3 Å². The summed E-state index contributed by atoms with van der Waals surface area (Å²) in [6.07, 6.45) is 1.76. The summed E-state index contributed by atoms with van der Waals surface area (Å²) >= 11 is 12.4. The van der Waals surface area contributed by atoms with Crippen molar-refractivity contribution >= 4 is 40.2 Å². The molecule has 0 spiro atoms. The maximum absolute atomic E-state index is 11.5. The molecule has 5 nitrogen and oxygen atoms in total. The first-order valence-corrected chi connectivity index (χ1v) is 10.9. The van der Waals surface area contributed by atoms with Crippen molar-refractivity contribution in [1.29, 1.82) is 0 Å². The Morgan fingerprint density at radius 1 is 1.17 bits per heavy atom. The van der Waals surface area contributed by atoms with E-state index in [1.54, 1.807) is 13.0 Å². The number of carbonyl (C=O) groups excluding carboxylic acids is 1. The second-order valence-corrected chi connectivity index (χ2v) is 7.91. The van der Waals surface area contributed by atoms with Gasteiger partial charge in [-0.15, -0.1) is 0 Å². The summed E-state index contributed by atoms with van der Waals surface area (Å²) in [5.41, 5.74) is 3.98. The monoisotopic (exact) mass is 448 g/mol. The quantitative estimate of drug-likeness (QED) is 0.298. The minimum atomic E-state index is -0.196. The van der Waals surface area contributed by atoms with E-state index in [0.717, 1.165) is 40.2 Å². The Kier molecular flexibility index (Phi) is 7.62. The zero-order chi connectivity index (χ0) is 21.7. The zero-order valence-corrected chi connectivity index (χ0v) is 19.0. The highest BCUT2D eigenvalue weighted by molar-refractivity contribution is 6.35. The number of fused-ring (bicyclic) bond motifs is 1. The lowest BCUT2D eigenvalue weighted by atomic mass is 10.2. The SMILES string of the molecule is CCOC(=O)CCCOc1cc(C)c2nc(CC)n(Cc3ccc(Cl)cc3Cl)c2c1. The van der Waals surface area contributed by atoms with Crippen LogP contribution in [0.1, 0.15) is 43.6 Å². The van der Waals surface area contributed by atoms with Gasteiger partial charge in [0.2, 0.25) is 0 Å². The first-order valence-electron chi connectivity index (χ1n) is 10.1. The average Bonchev–Trinajstić information content (AvgIpc) is 3.06. The Morgan fingerprint density at radius 3 is 2.67 bits per heavy atom. The number of nitrogens with zero attached hydrogens (tertiary/aromatic N) is 2. The topological polar surface area (TPSA) is 53.4 Å². The largest absolute Gasteiger partial charge is 0.493 e. The summed E-state index contributed by atoms with van der Waals surface area (Å²) < 4.78 is 13.0. The fourth-order valence-electron chi connectivity index (χ4n) is 3.40. The smallest absolute Gasteiger partial charge is 0.305 e. The molecule has 0 atom stereocenters. The van der Waals surface area contributed by atoms with Crippen LogP contribution in [0.5, 0.6) is 5.75 Å². The summed E-state index contributed by atoms with van der Waals surface area (Å²) in [5.74, 6) is 1.55. The Labute approximate surface area is 186 Å². The van der Waals surface area contributed by atoms with Gasteiger partial charge in [-0.3, -0.25) is 4.79 Å².